The molecule has 0 saturated heterocycles. The zero-order chi connectivity index (χ0) is 15.5. The van der Waals surface area contributed by atoms with E-state index in [-0.39, 0.29) is 23.5 Å². The van der Waals surface area contributed by atoms with Crippen LogP contribution >= 0.6 is 11.8 Å². The van der Waals surface area contributed by atoms with Crippen molar-refractivity contribution >= 4 is 17.5 Å². The third-order valence-electron chi connectivity index (χ3n) is 5.95. The van der Waals surface area contributed by atoms with Gasteiger partial charge in [-0.05, 0) is 35.8 Å². The second kappa shape index (κ2) is 4.70. The molecule has 22 heavy (non-hydrogen) atoms. The van der Waals surface area contributed by atoms with Crippen LogP contribution < -0.4 is 0 Å². The van der Waals surface area contributed by atoms with E-state index in [0.29, 0.717) is 5.75 Å². The molecule has 4 heteroatoms. The second-order valence-electron chi connectivity index (χ2n) is 6.58. The number of carbonyl (C=O) groups is 1. The lowest BCUT2D eigenvalue weighted by Gasteiger charge is -2.46. The summed E-state index contributed by atoms with van der Waals surface area (Å²) in [5.74, 6) is 0.539. The molecule has 2 bridgehead atoms. The van der Waals surface area contributed by atoms with Gasteiger partial charge < -0.3 is 9.84 Å². The second-order valence-corrected chi connectivity index (χ2v) is 7.44. The van der Waals surface area contributed by atoms with Gasteiger partial charge in [-0.15, -0.1) is 0 Å². The van der Waals surface area contributed by atoms with Crippen LogP contribution in [0.3, 0.4) is 0 Å². The average Bonchev–Trinajstić information content (AvgIpc) is 2.96. The van der Waals surface area contributed by atoms with E-state index in [4.69, 9.17) is 4.74 Å². The number of rotatable bonds is 3. The van der Waals surface area contributed by atoms with Crippen molar-refractivity contribution in [2.75, 3.05) is 19.1 Å². The summed E-state index contributed by atoms with van der Waals surface area (Å²) in [4.78, 5) is 12.7. The summed E-state index contributed by atoms with van der Waals surface area (Å²) in [7, 11) is 1.63. The Labute approximate surface area is 134 Å². The van der Waals surface area contributed by atoms with Crippen LogP contribution in [0.1, 0.15) is 17.0 Å². The first kappa shape index (κ1) is 14.5. The number of carbonyl (C=O) groups excluding carboxylic acids is 1. The number of methoxy groups -OCH3 is 1. The minimum absolute atomic E-state index is 0.0429. The number of fused-ring (bicyclic) bond motifs is 7. The molecule has 0 aromatic heterocycles. The third kappa shape index (κ3) is 1.44. The van der Waals surface area contributed by atoms with Gasteiger partial charge in [0, 0.05) is 24.7 Å². The first-order valence-corrected chi connectivity index (χ1v) is 9.06. The molecule has 0 aliphatic heterocycles. The van der Waals surface area contributed by atoms with Crippen LogP contribution in [0.15, 0.2) is 36.4 Å². The van der Waals surface area contributed by atoms with Gasteiger partial charge in [-0.25, -0.2) is 0 Å². The van der Waals surface area contributed by atoms with E-state index >= 15 is 0 Å². The van der Waals surface area contributed by atoms with Gasteiger partial charge in [0.15, 0.2) is 11.4 Å². The van der Waals surface area contributed by atoms with Crippen LogP contribution in [0.25, 0.3) is 0 Å². The van der Waals surface area contributed by atoms with Crippen LogP contribution in [-0.4, -0.2) is 41.2 Å². The fourth-order valence-electron chi connectivity index (χ4n) is 5.09. The third-order valence-corrected chi connectivity index (χ3v) is 6.67. The Balaban J connectivity index is 1.94. The van der Waals surface area contributed by atoms with Gasteiger partial charge >= 0.3 is 0 Å². The Hall–Kier alpha value is -1.10. The Morgan fingerprint density at radius 1 is 1.41 bits per heavy atom. The highest BCUT2D eigenvalue weighted by molar-refractivity contribution is 7.98. The van der Waals surface area contributed by atoms with E-state index in [9.17, 15) is 9.90 Å². The monoisotopic (exact) mass is 316 g/mol. The van der Waals surface area contributed by atoms with Crippen molar-refractivity contribution in [3.05, 3.63) is 47.5 Å². The maximum Gasteiger partial charge on any atom is 0.190 e. The molecule has 116 valence electrons. The minimum atomic E-state index is -1.42. The maximum absolute atomic E-state index is 12.7. The van der Waals surface area contributed by atoms with Crippen molar-refractivity contribution in [2.24, 2.45) is 11.8 Å². The lowest BCUT2D eigenvalue weighted by Crippen LogP contribution is -2.64. The predicted octanol–water partition coefficient (Wildman–Crippen LogP) is 2.19. The van der Waals surface area contributed by atoms with Crippen molar-refractivity contribution in [1.29, 1.82) is 0 Å². The number of ketones is 1. The molecule has 1 N–H and O–H groups in total. The lowest BCUT2D eigenvalue weighted by molar-refractivity contribution is -0.178. The minimum Gasteiger partial charge on any atom is -0.378 e. The van der Waals surface area contributed by atoms with Crippen molar-refractivity contribution < 1.29 is 14.6 Å². The van der Waals surface area contributed by atoms with Gasteiger partial charge in [0.1, 0.15) is 5.60 Å². The first-order chi connectivity index (χ1) is 10.6. The molecular weight excluding hydrogens is 296 g/mol. The maximum atomic E-state index is 12.7. The van der Waals surface area contributed by atoms with Gasteiger partial charge in [0.25, 0.3) is 0 Å². The highest BCUT2D eigenvalue weighted by atomic mass is 32.2. The van der Waals surface area contributed by atoms with Crippen LogP contribution in [0.5, 0.6) is 0 Å². The van der Waals surface area contributed by atoms with Crippen LogP contribution in [0.4, 0.5) is 0 Å². The van der Waals surface area contributed by atoms with Crippen molar-refractivity contribution in [2.45, 2.75) is 23.5 Å². The molecule has 0 amide bonds. The highest BCUT2D eigenvalue weighted by Crippen LogP contribution is 2.64. The van der Waals surface area contributed by atoms with Crippen molar-refractivity contribution in [3.8, 4) is 0 Å². The molecule has 1 saturated carbocycles. The molecule has 0 spiro atoms. The molecule has 0 heterocycles. The fourth-order valence-corrected chi connectivity index (χ4v) is 6.05. The SMILES string of the molecule is CO[C@@]1(CSC)[C@@H]2C=CC(=O)[C@@]1(O)[C@H]1Cc3ccccc3[C@@H]21. The average molecular weight is 316 g/mol. The molecule has 0 unspecified atom stereocenters. The van der Waals surface area contributed by atoms with Gasteiger partial charge in [-0.1, -0.05) is 30.3 Å². The molecule has 3 aliphatic carbocycles. The van der Waals surface area contributed by atoms with Gasteiger partial charge in [-0.3, -0.25) is 4.79 Å². The van der Waals surface area contributed by atoms with E-state index in [0.717, 1.165) is 6.42 Å². The lowest BCUT2D eigenvalue weighted by atomic mass is 9.71. The quantitative estimate of drug-likeness (QED) is 0.928. The van der Waals surface area contributed by atoms with Crippen molar-refractivity contribution in [1.82, 2.24) is 0 Å². The normalized spacial score (nSPS) is 41.6. The zero-order valence-electron chi connectivity index (χ0n) is 12.8. The number of thioether (sulfide) groups is 1. The first-order valence-electron chi connectivity index (χ1n) is 7.67. The van der Waals surface area contributed by atoms with Gasteiger partial charge in [0.2, 0.25) is 0 Å². The number of benzene rings is 1. The van der Waals surface area contributed by atoms with Gasteiger partial charge in [0.05, 0.1) is 0 Å². The molecular formula is C18H20O3S. The summed E-state index contributed by atoms with van der Waals surface area (Å²) in [6, 6.07) is 8.33. The molecule has 3 aliphatic rings. The highest BCUT2D eigenvalue weighted by Gasteiger charge is 2.74. The number of ether oxygens (including phenoxy) is 1. The summed E-state index contributed by atoms with van der Waals surface area (Å²) in [6.07, 6.45) is 6.29. The summed E-state index contributed by atoms with van der Waals surface area (Å²) < 4.78 is 5.89. The number of hydrogen-bond acceptors (Lipinski definition) is 4. The molecule has 1 aromatic rings. The summed E-state index contributed by atoms with van der Waals surface area (Å²) >= 11 is 1.63. The van der Waals surface area contributed by atoms with E-state index in [1.54, 1.807) is 24.9 Å². The zero-order valence-corrected chi connectivity index (χ0v) is 13.6. The van der Waals surface area contributed by atoms with E-state index in [1.165, 1.54) is 11.1 Å². The van der Waals surface area contributed by atoms with Crippen LogP contribution in [0, 0.1) is 11.8 Å². The molecule has 1 aromatic carbocycles. The Morgan fingerprint density at radius 2 is 2.18 bits per heavy atom. The summed E-state index contributed by atoms with van der Waals surface area (Å²) in [6.45, 7) is 0. The molecule has 4 rings (SSSR count). The molecule has 3 nitrogen and oxygen atoms in total. The largest absolute Gasteiger partial charge is 0.378 e. The Kier molecular flexibility index (Phi) is 3.09. The Bertz CT molecular complexity index is 670. The van der Waals surface area contributed by atoms with Crippen LogP contribution in [0.2, 0.25) is 0 Å². The summed E-state index contributed by atoms with van der Waals surface area (Å²) in [5.41, 5.74) is 0.294. The Morgan fingerprint density at radius 3 is 2.91 bits per heavy atom. The van der Waals surface area contributed by atoms with Gasteiger partial charge in [-0.2, -0.15) is 11.8 Å². The molecule has 0 radical (unpaired) electrons. The molecule has 5 atom stereocenters. The standard InChI is InChI=1S/C18H20O3S/c1-21-17(10-22-2)13-7-8-15(19)18(17,20)14-9-11-5-3-4-6-12(11)16(13)14/h3-8,13-14,16,20H,9-10H2,1-2H3/t13-,14+,16+,17+,18+/m1/s1. The van der Waals surface area contributed by atoms with Crippen molar-refractivity contribution in [3.63, 3.8) is 0 Å². The van der Waals surface area contributed by atoms with E-state index in [1.807, 2.05) is 24.5 Å². The van der Waals surface area contributed by atoms with E-state index < -0.39 is 11.2 Å². The fraction of sp³-hybridized carbons (Fsp3) is 0.500. The number of hydrogen-bond donors (Lipinski definition) is 1. The summed E-state index contributed by atoms with van der Waals surface area (Å²) in [5, 5.41) is 11.5. The predicted molar refractivity (Wildman–Crippen MR) is 87.1 cm³/mol. The topological polar surface area (TPSA) is 46.5 Å². The molecule has 1 fully saturated rings. The smallest absolute Gasteiger partial charge is 0.190 e. The number of aliphatic hydroxyl groups is 1. The van der Waals surface area contributed by atoms with E-state index in [2.05, 4.69) is 12.1 Å². The van der Waals surface area contributed by atoms with Crippen LogP contribution in [-0.2, 0) is 16.0 Å².